The first-order valence-electron chi connectivity index (χ1n) is 17.4. The van der Waals surface area contributed by atoms with E-state index in [1.807, 2.05) is 11.3 Å². The molecule has 0 aliphatic rings. The average molecular weight is 667 g/mol. The Kier molecular flexibility index (Phi) is 6.16. The molecule has 0 atom stereocenters. The molecule has 0 aliphatic heterocycles. The van der Waals surface area contributed by atoms with Crippen molar-refractivity contribution in [2.45, 2.75) is 0 Å². The van der Waals surface area contributed by atoms with E-state index in [0.29, 0.717) is 0 Å². The minimum atomic E-state index is 1.16. The van der Waals surface area contributed by atoms with E-state index in [1.54, 1.807) is 0 Å². The maximum atomic E-state index is 2.48. The Morgan fingerprint density at radius 2 is 0.824 bits per heavy atom. The molecule has 0 saturated carbocycles. The van der Waals surface area contributed by atoms with Gasteiger partial charge in [-0.15, -0.1) is 11.3 Å². The lowest BCUT2D eigenvalue weighted by atomic mass is 10.0. The van der Waals surface area contributed by atoms with Crippen LogP contribution in [0.2, 0.25) is 0 Å². The third kappa shape index (κ3) is 4.29. The molecule has 11 rings (SSSR count). The summed E-state index contributed by atoms with van der Waals surface area (Å²) in [4.78, 5) is 0. The van der Waals surface area contributed by atoms with Gasteiger partial charge in [-0.25, -0.2) is 0 Å². The van der Waals surface area contributed by atoms with Crippen LogP contribution in [0.3, 0.4) is 0 Å². The molecular formula is C48H30N2S. The highest BCUT2D eigenvalue weighted by Gasteiger charge is 2.18. The standard InChI is InChI=1S/C48H30N2S/c1-2-11-31(12-3-1)32-21-25-35(26-22-32)49-42-17-7-4-13-36(42)38-27-23-33(29-45(38)49)34-24-28-39-37-14-5-8-18-43(37)50(46(39)30-34)44-19-10-16-41-40-15-6-9-20-47(40)51-48(41)44/h1-30H. The lowest BCUT2D eigenvalue weighted by molar-refractivity contribution is 1.18. The summed E-state index contributed by atoms with van der Waals surface area (Å²) in [6, 6.07) is 66.6. The Morgan fingerprint density at radius 3 is 1.53 bits per heavy atom. The fraction of sp³-hybridized carbons (Fsp3) is 0. The van der Waals surface area contributed by atoms with Crippen LogP contribution in [0.15, 0.2) is 182 Å². The van der Waals surface area contributed by atoms with Crippen LogP contribution in [0.1, 0.15) is 0 Å². The number of fused-ring (bicyclic) bond motifs is 9. The molecule has 0 saturated heterocycles. The van der Waals surface area contributed by atoms with Gasteiger partial charge in [-0.05, 0) is 70.8 Å². The topological polar surface area (TPSA) is 9.86 Å². The third-order valence-corrected chi connectivity index (χ3v) is 11.7. The van der Waals surface area contributed by atoms with Crippen molar-refractivity contribution in [2.75, 3.05) is 0 Å². The lowest BCUT2D eigenvalue weighted by Gasteiger charge is -2.12. The summed E-state index contributed by atoms with van der Waals surface area (Å²) in [7, 11) is 0. The van der Waals surface area contributed by atoms with Crippen LogP contribution in [0.5, 0.6) is 0 Å². The molecule has 238 valence electrons. The number of hydrogen-bond acceptors (Lipinski definition) is 1. The van der Waals surface area contributed by atoms with Crippen molar-refractivity contribution in [1.29, 1.82) is 0 Å². The van der Waals surface area contributed by atoms with E-state index in [9.17, 15) is 0 Å². The summed E-state index contributed by atoms with van der Waals surface area (Å²) in [5.74, 6) is 0. The minimum absolute atomic E-state index is 1.16. The molecule has 3 aromatic heterocycles. The van der Waals surface area contributed by atoms with Crippen LogP contribution in [0.4, 0.5) is 0 Å². The van der Waals surface area contributed by atoms with Gasteiger partial charge in [0.25, 0.3) is 0 Å². The third-order valence-electron chi connectivity index (χ3n) is 10.5. The highest BCUT2D eigenvalue weighted by molar-refractivity contribution is 7.26. The molecule has 0 bridgehead atoms. The van der Waals surface area contributed by atoms with Crippen LogP contribution in [-0.2, 0) is 0 Å². The SMILES string of the molecule is c1ccc(-c2ccc(-n3c4ccccc4c4ccc(-c5ccc6c7ccccc7n(-c7cccc8c7sc7ccccc78)c6c5)cc43)cc2)cc1. The predicted octanol–water partition coefficient (Wildman–Crippen LogP) is 13.6. The Labute approximate surface area is 298 Å². The van der Waals surface area contributed by atoms with Crippen LogP contribution in [-0.4, -0.2) is 9.13 Å². The predicted molar refractivity (Wildman–Crippen MR) is 219 cm³/mol. The first-order valence-corrected chi connectivity index (χ1v) is 18.3. The van der Waals surface area contributed by atoms with Crippen LogP contribution < -0.4 is 0 Å². The van der Waals surface area contributed by atoms with Gasteiger partial charge in [0, 0.05) is 42.7 Å². The van der Waals surface area contributed by atoms with Gasteiger partial charge in [0.15, 0.2) is 0 Å². The normalized spacial score (nSPS) is 11.9. The van der Waals surface area contributed by atoms with Gasteiger partial charge in [0.2, 0.25) is 0 Å². The van der Waals surface area contributed by atoms with Crippen LogP contribution >= 0.6 is 11.3 Å². The second-order valence-electron chi connectivity index (χ2n) is 13.3. The molecule has 2 nitrogen and oxygen atoms in total. The molecule has 0 amide bonds. The number of thiophene rings is 1. The van der Waals surface area contributed by atoms with E-state index in [4.69, 9.17) is 0 Å². The summed E-state index contributed by atoms with van der Waals surface area (Å²) in [6.07, 6.45) is 0. The first kappa shape index (κ1) is 28.4. The van der Waals surface area contributed by atoms with Crippen molar-refractivity contribution in [3.8, 4) is 33.6 Å². The van der Waals surface area contributed by atoms with E-state index < -0.39 is 0 Å². The Balaban J connectivity index is 1.12. The van der Waals surface area contributed by atoms with E-state index in [-0.39, 0.29) is 0 Å². The number of rotatable bonds is 4. The second kappa shape index (κ2) is 11.0. The van der Waals surface area contributed by atoms with Gasteiger partial charge in [0.1, 0.15) is 0 Å². The molecule has 3 heterocycles. The van der Waals surface area contributed by atoms with Crippen molar-refractivity contribution >= 4 is 75.1 Å². The molecular weight excluding hydrogens is 637 g/mol. The molecule has 3 heteroatoms. The molecule has 0 aliphatic carbocycles. The van der Waals surface area contributed by atoms with E-state index in [2.05, 4.69) is 191 Å². The number of para-hydroxylation sites is 2. The zero-order valence-electron chi connectivity index (χ0n) is 27.6. The van der Waals surface area contributed by atoms with Crippen LogP contribution in [0.25, 0.3) is 97.4 Å². The Bertz CT molecular complexity index is 3120. The number of hydrogen-bond donors (Lipinski definition) is 0. The zero-order valence-corrected chi connectivity index (χ0v) is 28.4. The Morgan fingerprint density at radius 1 is 0.314 bits per heavy atom. The fourth-order valence-corrected chi connectivity index (χ4v) is 9.39. The second-order valence-corrected chi connectivity index (χ2v) is 14.4. The summed E-state index contributed by atoms with van der Waals surface area (Å²) in [5.41, 5.74) is 12.1. The Hall–Kier alpha value is -6.42. The molecule has 0 fully saturated rings. The maximum Gasteiger partial charge on any atom is 0.0640 e. The summed E-state index contributed by atoms with van der Waals surface area (Å²) in [5, 5.41) is 7.68. The first-order chi connectivity index (χ1) is 25.3. The molecule has 8 aromatic carbocycles. The monoisotopic (exact) mass is 666 g/mol. The fourth-order valence-electron chi connectivity index (χ4n) is 8.18. The van der Waals surface area contributed by atoms with Crippen molar-refractivity contribution in [2.24, 2.45) is 0 Å². The molecule has 0 radical (unpaired) electrons. The van der Waals surface area contributed by atoms with Crippen LogP contribution in [0, 0.1) is 0 Å². The van der Waals surface area contributed by atoms with Crippen molar-refractivity contribution < 1.29 is 0 Å². The molecule has 0 unspecified atom stereocenters. The van der Waals surface area contributed by atoms with Gasteiger partial charge in [0.05, 0.1) is 32.5 Å². The number of benzene rings is 8. The minimum Gasteiger partial charge on any atom is -0.309 e. The smallest absolute Gasteiger partial charge is 0.0640 e. The van der Waals surface area contributed by atoms with Gasteiger partial charge in [-0.2, -0.15) is 0 Å². The highest BCUT2D eigenvalue weighted by atomic mass is 32.1. The van der Waals surface area contributed by atoms with Crippen molar-refractivity contribution in [3.63, 3.8) is 0 Å². The van der Waals surface area contributed by atoms with E-state index >= 15 is 0 Å². The number of nitrogens with zero attached hydrogens (tertiary/aromatic N) is 2. The molecule has 11 aromatic rings. The van der Waals surface area contributed by atoms with Crippen molar-refractivity contribution in [3.05, 3.63) is 182 Å². The molecule has 0 spiro atoms. The number of aromatic nitrogens is 2. The average Bonchev–Trinajstić information content (AvgIpc) is 3.85. The summed E-state index contributed by atoms with van der Waals surface area (Å²) < 4.78 is 7.53. The summed E-state index contributed by atoms with van der Waals surface area (Å²) >= 11 is 1.88. The summed E-state index contributed by atoms with van der Waals surface area (Å²) in [6.45, 7) is 0. The highest BCUT2D eigenvalue weighted by Crippen LogP contribution is 2.42. The zero-order chi connectivity index (χ0) is 33.5. The molecule has 51 heavy (non-hydrogen) atoms. The quantitative estimate of drug-likeness (QED) is 0.177. The van der Waals surface area contributed by atoms with Crippen molar-refractivity contribution in [1.82, 2.24) is 9.13 Å². The van der Waals surface area contributed by atoms with E-state index in [0.717, 1.165) is 5.69 Å². The van der Waals surface area contributed by atoms with Gasteiger partial charge in [-0.3, -0.25) is 0 Å². The lowest BCUT2D eigenvalue weighted by Crippen LogP contribution is -1.95. The van der Waals surface area contributed by atoms with Gasteiger partial charge < -0.3 is 9.13 Å². The molecule has 0 N–H and O–H groups in total. The largest absolute Gasteiger partial charge is 0.309 e. The van der Waals surface area contributed by atoms with Gasteiger partial charge >= 0.3 is 0 Å². The van der Waals surface area contributed by atoms with Gasteiger partial charge in [-0.1, -0.05) is 133 Å². The maximum absolute atomic E-state index is 2.48. The van der Waals surface area contributed by atoms with E-state index in [1.165, 1.54) is 91.7 Å².